The van der Waals surface area contributed by atoms with E-state index in [1.54, 1.807) is 52.8 Å². The van der Waals surface area contributed by atoms with Gasteiger partial charge in [0.25, 0.3) is 0 Å². The lowest BCUT2D eigenvalue weighted by atomic mass is 9.98. The number of carbonyl (C=O) groups is 3. The molecule has 0 saturated heterocycles. The number of hydrogen-bond acceptors (Lipinski definition) is 6. The molecule has 4 N–H and O–H groups in total. The molecule has 0 aliphatic rings. The summed E-state index contributed by atoms with van der Waals surface area (Å²) in [5, 5.41) is 25.7. The summed E-state index contributed by atoms with van der Waals surface area (Å²) in [6.45, 7) is 10.6. The lowest BCUT2D eigenvalue weighted by Crippen LogP contribution is -2.55. The Morgan fingerprint density at radius 2 is 1.76 bits per heavy atom. The molecule has 0 aromatic heterocycles. The summed E-state index contributed by atoms with van der Waals surface area (Å²) < 4.78 is 5.31. The summed E-state index contributed by atoms with van der Waals surface area (Å²) in [4.78, 5) is 40.6. The van der Waals surface area contributed by atoms with Crippen LogP contribution in [0.1, 0.15) is 72.4 Å². The highest BCUT2D eigenvalue weighted by Gasteiger charge is 2.38. The van der Waals surface area contributed by atoms with E-state index in [0.29, 0.717) is 6.54 Å². The minimum Gasteiger partial charge on any atom is -0.508 e. The maximum atomic E-state index is 13.7. The summed E-state index contributed by atoms with van der Waals surface area (Å²) in [7, 11) is 0. The Labute approximate surface area is 202 Å². The van der Waals surface area contributed by atoms with Crippen LogP contribution in [0.4, 0.5) is 4.79 Å². The molecule has 1 aromatic carbocycles. The number of aliphatic hydroxyl groups excluding tert-OH is 1. The SMILES string of the molecule is CCCCCNC(=O)C(c1ccccc1O)N(CCO)C(=O)C(NC(=O)OC(C)(C)C)C(C)C. The summed E-state index contributed by atoms with van der Waals surface area (Å²) >= 11 is 0. The highest BCUT2D eigenvalue weighted by molar-refractivity contribution is 5.92. The van der Waals surface area contributed by atoms with Crippen molar-refractivity contribution in [3.8, 4) is 5.75 Å². The summed E-state index contributed by atoms with van der Waals surface area (Å²) in [5.74, 6) is -1.52. The number of rotatable bonds is 12. The van der Waals surface area contributed by atoms with Gasteiger partial charge in [-0.25, -0.2) is 4.79 Å². The number of aromatic hydroxyl groups is 1. The van der Waals surface area contributed by atoms with Crippen LogP contribution in [0.5, 0.6) is 5.75 Å². The molecule has 0 aliphatic carbocycles. The van der Waals surface area contributed by atoms with E-state index in [2.05, 4.69) is 17.6 Å². The topological polar surface area (TPSA) is 128 Å². The van der Waals surface area contributed by atoms with Crippen molar-refractivity contribution >= 4 is 17.9 Å². The van der Waals surface area contributed by atoms with Crippen molar-refractivity contribution < 1.29 is 29.3 Å². The molecule has 0 spiro atoms. The van der Waals surface area contributed by atoms with E-state index in [9.17, 15) is 24.6 Å². The number of para-hydroxylation sites is 1. The van der Waals surface area contributed by atoms with E-state index >= 15 is 0 Å². The number of hydrogen-bond donors (Lipinski definition) is 4. The third-order valence-corrected chi connectivity index (χ3v) is 5.10. The van der Waals surface area contributed by atoms with Crippen molar-refractivity contribution in [1.29, 1.82) is 0 Å². The Kier molecular flexibility index (Phi) is 11.9. The van der Waals surface area contributed by atoms with Crippen LogP contribution in [-0.2, 0) is 14.3 Å². The first-order valence-corrected chi connectivity index (χ1v) is 11.9. The molecule has 1 rings (SSSR count). The first-order valence-electron chi connectivity index (χ1n) is 11.9. The van der Waals surface area contributed by atoms with Crippen molar-refractivity contribution in [3.63, 3.8) is 0 Å². The Bertz CT molecular complexity index is 806. The summed E-state index contributed by atoms with van der Waals surface area (Å²) in [5.41, 5.74) is -0.520. The third-order valence-electron chi connectivity index (χ3n) is 5.10. The number of benzene rings is 1. The molecule has 34 heavy (non-hydrogen) atoms. The number of carbonyl (C=O) groups excluding carboxylic acids is 3. The molecule has 0 heterocycles. The second kappa shape index (κ2) is 13.8. The first kappa shape index (κ1) is 29.2. The van der Waals surface area contributed by atoms with Gasteiger partial charge in [0.2, 0.25) is 11.8 Å². The zero-order valence-electron chi connectivity index (χ0n) is 21.3. The van der Waals surface area contributed by atoms with Crippen LogP contribution < -0.4 is 10.6 Å². The fourth-order valence-corrected chi connectivity index (χ4v) is 3.45. The maximum Gasteiger partial charge on any atom is 0.408 e. The Hall–Kier alpha value is -2.81. The van der Waals surface area contributed by atoms with E-state index in [1.807, 2.05) is 0 Å². The molecule has 0 radical (unpaired) electrons. The lowest BCUT2D eigenvalue weighted by Gasteiger charge is -2.35. The standard InChI is InChI=1S/C25H41N3O6/c1-7-8-11-14-26-22(31)21(18-12-9-10-13-19(18)30)28(15-16-29)23(32)20(17(2)3)27-24(33)34-25(4,5)6/h9-10,12-13,17,20-21,29-30H,7-8,11,14-16H2,1-6H3,(H,26,31)(H,27,33). The maximum absolute atomic E-state index is 13.7. The molecular weight excluding hydrogens is 438 g/mol. The summed E-state index contributed by atoms with van der Waals surface area (Å²) in [6.07, 6.45) is 1.95. The average molecular weight is 480 g/mol. The number of aliphatic hydroxyl groups is 1. The molecule has 2 atom stereocenters. The molecule has 1 aromatic rings. The molecule has 192 valence electrons. The lowest BCUT2D eigenvalue weighted by molar-refractivity contribution is -0.144. The zero-order chi connectivity index (χ0) is 25.9. The van der Waals surface area contributed by atoms with Crippen molar-refractivity contribution in [1.82, 2.24) is 15.5 Å². The first-order chi connectivity index (χ1) is 15.9. The second-order valence-corrected chi connectivity index (χ2v) is 9.58. The minimum atomic E-state index is -1.19. The van der Waals surface area contributed by atoms with Crippen molar-refractivity contribution in [2.45, 2.75) is 78.5 Å². The highest BCUT2D eigenvalue weighted by atomic mass is 16.6. The van der Waals surface area contributed by atoms with Gasteiger partial charge in [0.15, 0.2) is 0 Å². The van der Waals surface area contributed by atoms with Gasteiger partial charge in [0.05, 0.1) is 6.61 Å². The minimum absolute atomic E-state index is 0.145. The predicted molar refractivity (Wildman–Crippen MR) is 130 cm³/mol. The Morgan fingerprint density at radius 1 is 1.12 bits per heavy atom. The molecule has 9 nitrogen and oxygen atoms in total. The van der Waals surface area contributed by atoms with Crippen LogP contribution in [0.25, 0.3) is 0 Å². The Morgan fingerprint density at radius 3 is 2.29 bits per heavy atom. The third kappa shape index (κ3) is 9.21. The number of nitrogens with one attached hydrogen (secondary N) is 2. The smallest absolute Gasteiger partial charge is 0.408 e. The van der Waals surface area contributed by atoms with Crippen LogP contribution >= 0.6 is 0 Å². The van der Waals surface area contributed by atoms with E-state index in [4.69, 9.17) is 4.74 Å². The van der Waals surface area contributed by atoms with Gasteiger partial charge >= 0.3 is 6.09 Å². The van der Waals surface area contributed by atoms with E-state index in [0.717, 1.165) is 19.3 Å². The average Bonchev–Trinajstić information content (AvgIpc) is 2.74. The van der Waals surface area contributed by atoms with Crippen LogP contribution in [0, 0.1) is 5.92 Å². The van der Waals surface area contributed by atoms with Crippen LogP contribution in [0.2, 0.25) is 0 Å². The van der Waals surface area contributed by atoms with Gasteiger partial charge in [-0.15, -0.1) is 0 Å². The zero-order valence-corrected chi connectivity index (χ0v) is 21.3. The number of alkyl carbamates (subject to hydrolysis) is 1. The number of nitrogens with zero attached hydrogens (tertiary/aromatic N) is 1. The number of unbranched alkanes of at least 4 members (excludes halogenated alkanes) is 2. The predicted octanol–water partition coefficient (Wildman–Crippen LogP) is 3.11. The highest BCUT2D eigenvalue weighted by Crippen LogP contribution is 2.30. The molecular formula is C25H41N3O6. The van der Waals surface area contributed by atoms with E-state index in [-0.39, 0.29) is 23.8 Å². The molecule has 2 unspecified atom stereocenters. The van der Waals surface area contributed by atoms with Crippen LogP contribution in [0.3, 0.4) is 0 Å². The van der Waals surface area contributed by atoms with Crippen molar-refractivity contribution in [2.75, 3.05) is 19.7 Å². The fourth-order valence-electron chi connectivity index (χ4n) is 3.45. The van der Waals surface area contributed by atoms with Gasteiger partial charge in [-0.05, 0) is 39.2 Å². The van der Waals surface area contributed by atoms with Gasteiger partial charge < -0.3 is 30.5 Å². The molecule has 0 bridgehead atoms. The van der Waals surface area contributed by atoms with Crippen LogP contribution in [0.15, 0.2) is 24.3 Å². The normalized spacial score (nSPS) is 13.2. The number of amides is 3. The van der Waals surface area contributed by atoms with Gasteiger partial charge in [0.1, 0.15) is 23.4 Å². The van der Waals surface area contributed by atoms with Gasteiger partial charge in [-0.2, -0.15) is 0 Å². The van der Waals surface area contributed by atoms with Crippen LogP contribution in [-0.4, -0.2) is 64.4 Å². The number of phenolic OH excluding ortho intramolecular Hbond substituents is 1. The molecule has 0 aliphatic heterocycles. The quantitative estimate of drug-likeness (QED) is 0.341. The van der Waals surface area contributed by atoms with Gasteiger partial charge in [-0.1, -0.05) is 51.8 Å². The monoisotopic (exact) mass is 479 g/mol. The van der Waals surface area contributed by atoms with Gasteiger partial charge in [-0.3, -0.25) is 9.59 Å². The second-order valence-electron chi connectivity index (χ2n) is 9.58. The fraction of sp³-hybridized carbons (Fsp3) is 0.640. The van der Waals surface area contributed by atoms with Crippen molar-refractivity contribution in [3.05, 3.63) is 29.8 Å². The Balaban J connectivity index is 3.33. The molecule has 3 amide bonds. The number of phenols is 1. The van der Waals surface area contributed by atoms with Crippen molar-refractivity contribution in [2.24, 2.45) is 5.92 Å². The van der Waals surface area contributed by atoms with Gasteiger partial charge in [0, 0.05) is 18.7 Å². The molecule has 9 heteroatoms. The largest absolute Gasteiger partial charge is 0.508 e. The molecule has 0 fully saturated rings. The van der Waals surface area contributed by atoms with E-state index < -0.39 is 42.2 Å². The summed E-state index contributed by atoms with van der Waals surface area (Å²) in [6, 6.07) is 4.08. The number of ether oxygens (including phenoxy) is 1. The molecule has 0 saturated carbocycles. The van der Waals surface area contributed by atoms with E-state index in [1.165, 1.54) is 11.0 Å².